The molecule has 1 aromatic carbocycles. The van der Waals surface area contributed by atoms with Crippen LogP contribution in [0.25, 0.3) is 33.4 Å². The molecule has 0 unspecified atom stereocenters. The minimum atomic E-state index is -0.480. The number of aromatic nitrogens is 3. The molecule has 0 radical (unpaired) electrons. The first-order valence-corrected chi connectivity index (χ1v) is 9.95. The van der Waals surface area contributed by atoms with Crippen molar-refractivity contribution in [1.82, 2.24) is 20.3 Å². The van der Waals surface area contributed by atoms with Crippen LogP contribution in [0.2, 0.25) is 0 Å². The summed E-state index contributed by atoms with van der Waals surface area (Å²) < 4.78 is 5.21. The molecule has 6 heteroatoms. The number of H-pyrrole nitrogens is 2. The van der Waals surface area contributed by atoms with E-state index >= 15 is 0 Å². The van der Waals surface area contributed by atoms with E-state index in [2.05, 4.69) is 52.3 Å². The minimum absolute atomic E-state index is 0.348. The highest BCUT2D eigenvalue weighted by atomic mass is 16.4. The van der Waals surface area contributed by atoms with Crippen molar-refractivity contribution < 1.29 is 4.42 Å². The van der Waals surface area contributed by atoms with Crippen molar-refractivity contribution in [2.75, 3.05) is 13.1 Å². The standard InChI is InChI=1S/C22H24N4O2/c1-12(2)19-16-9-14(13-5-7-23-8-6-13)3-4-17(16)25-20(19)15-10-18-21(24-11-15)26-22(27)28-18/h3-4,9-13,23,25H,5-8H2,1-2H3,(H,24,26,27). The van der Waals surface area contributed by atoms with Gasteiger partial charge in [-0.1, -0.05) is 19.9 Å². The molecule has 1 saturated heterocycles. The number of pyridine rings is 1. The Hall–Kier alpha value is -2.86. The number of oxazole rings is 1. The van der Waals surface area contributed by atoms with Crippen LogP contribution in [0.1, 0.15) is 49.7 Å². The lowest BCUT2D eigenvalue weighted by Gasteiger charge is -2.23. The molecule has 6 nitrogen and oxygen atoms in total. The highest BCUT2D eigenvalue weighted by Crippen LogP contribution is 2.38. The Kier molecular flexibility index (Phi) is 4.09. The van der Waals surface area contributed by atoms with Gasteiger partial charge in [-0.25, -0.2) is 9.78 Å². The van der Waals surface area contributed by atoms with E-state index in [0.29, 0.717) is 23.1 Å². The van der Waals surface area contributed by atoms with Gasteiger partial charge in [0.15, 0.2) is 11.2 Å². The van der Waals surface area contributed by atoms with Gasteiger partial charge in [0.05, 0.1) is 5.69 Å². The molecule has 28 heavy (non-hydrogen) atoms. The molecule has 3 N–H and O–H groups in total. The van der Waals surface area contributed by atoms with Crippen LogP contribution in [-0.4, -0.2) is 28.0 Å². The molecular weight excluding hydrogens is 352 g/mol. The second kappa shape index (κ2) is 6.63. The zero-order chi connectivity index (χ0) is 19.3. The summed E-state index contributed by atoms with van der Waals surface area (Å²) in [5, 5.41) is 4.72. The molecule has 1 aliphatic heterocycles. The van der Waals surface area contributed by atoms with Crippen molar-refractivity contribution >= 4 is 22.1 Å². The molecule has 0 aliphatic carbocycles. The van der Waals surface area contributed by atoms with Crippen LogP contribution in [0, 0.1) is 0 Å². The molecule has 0 spiro atoms. The molecule has 0 saturated carbocycles. The summed E-state index contributed by atoms with van der Waals surface area (Å²) in [7, 11) is 0. The molecule has 1 fully saturated rings. The van der Waals surface area contributed by atoms with Gasteiger partial charge in [0.1, 0.15) is 0 Å². The Morgan fingerprint density at radius 1 is 1.14 bits per heavy atom. The summed E-state index contributed by atoms with van der Waals surface area (Å²) in [6, 6.07) is 8.70. The normalized spacial score (nSPS) is 15.8. The summed E-state index contributed by atoms with van der Waals surface area (Å²) >= 11 is 0. The summed E-state index contributed by atoms with van der Waals surface area (Å²) in [5.41, 5.74) is 6.77. The summed E-state index contributed by atoms with van der Waals surface area (Å²) in [5.74, 6) is 0.490. The van der Waals surface area contributed by atoms with Gasteiger partial charge >= 0.3 is 5.76 Å². The Bertz CT molecular complexity index is 1210. The van der Waals surface area contributed by atoms with Crippen molar-refractivity contribution in [2.45, 2.75) is 38.5 Å². The van der Waals surface area contributed by atoms with E-state index in [1.165, 1.54) is 29.4 Å². The highest BCUT2D eigenvalue weighted by Gasteiger charge is 2.20. The molecule has 3 aromatic heterocycles. The maximum atomic E-state index is 11.5. The first-order chi connectivity index (χ1) is 13.6. The lowest BCUT2D eigenvalue weighted by molar-refractivity contribution is 0.460. The number of nitrogens with zero attached hydrogens (tertiary/aromatic N) is 1. The number of fused-ring (bicyclic) bond motifs is 2. The van der Waals surface area contributed by atoms with Gasteiger partial charge in [0.2, 0.25) is 0 Å². The van der Waals surface area contributed by atoms with Crippen LogP contribution in [-0.2, 0) is 0 Å². The van der Waals surface area contributed by atoms with Crippen LogP contribution >= 0.6 is 0 Å². The largest absolute Gasteiger partial charge is 0.418 e. The SMILES string of the molecule is CC(C)c1c(-c2cnc3[nH]c(=O)oc3c2)[nH]c2ccc(C3CCNCC3)cc12. The first kappa shape index (κ1) is 17.3. The van der Waals surface area contributed by atoms with Crippen LogP contribution in [0.4, 0.5) is 0 Å². The van der Waals surface area contributed by atoms with Crippen LogP contribution in [0.3, 0.4) is 0 Å². The number of rotatable bonds is 3. The van der Waals surface area contributed by atoms with Crippen molar-refractivity contribution in [3.8, 4) is 11.3 Å². The fourth-order valence-electron chi connectivity index (χ4n) is 4.44. The van der Waals surface area contributed by atoms with Crippen molar-refractivity contribution in [2.24, 2.45) is 0 Å². The van der Waals surface area contributed by atoms with Gasteiger partial charge in [-0.05, 0) is 67.1 Å². The van der Waals surface area contributed by atoms with E-state index in [4.69, 9.17) is 4.42 Å². The molecule has 1 aliphatic rings. The fraction of sp³-hybridized carbons (Fsp3) is 0.364. The van der Waals surface area contributed by atoms with E-state index in [9.17, 15) is 4.79 Å². The fourth-order valence-corrected chi connectivity index (χ4v) is 4.44. The predicted molar refractivity (Wildman–Crippen MR) is 111 cm³/mol. The highest BCUT2D eigenvalue weighted by molar-refractivity contribution is 5.92. The van der Waals surface area contributed by atoms with Gasteiger partial charge < -0.3 is 14.7 Å². The van der Waals surface area contributed by atoms with Crippen LogP contribution in [0.15, 0.2) is 39.7 Å². The summed E-state index contributed by atoms with van der Waals surface area (Å²) in [6.45, 7) is 6.61. The van der Waals surface area contributed by atoms with Crippen LogP contribution < -0.4 is 11.1 Å². The zero-order valence-corrected chi connectivity index (χ0v) is 16.1. The van der Waals surface area contributed by atoms with Gasteiger partial charge in [0, 0.05) is 22.7 Å². The minimum Gasteiger partial charge on any atom is -0.406 e. The lowest BCUT2D eigenvalue weighted by Crippen LogP contribution is -2.26. The van der Waals surface area contributed by atoms with E-state index in [-0.39, 0.29) is 0 Å². The number of hydrogen-bond acceptors (Lipinski definition) is 4. The van der Waals surface area contributed by atoms with Gasteiger partial charge in [-0.15, -0.1) is 0 Å². The topological polar surface area (TPSA) is 86.7 Å². The molecule has 0 atom stereocenters. The predicted octanol–water partition coefficient (Wildman–Crippen LogP) is 4.25. The quantitative estimate of drug-likeness (QED) is 0.499. The lowest BCUT2D eigenvalue weighted by atomic mass is 9.88. The maximum Gasteiger partial charge on any atom is 0.418 e. The third-order valence-corrected chi connectivity index (χ3v) is 5.82. The molecule has 144 valence electrons. The van der Waals surface area contributed by atoms with Gasteiger partial charge in [-0.3, -0.25) is 4.98 Å². The number of piperidine rings is 1. The molecule has 0 amide bonds. The summed E-state index contributed by atoms with van der Waals surface area (Å²) in [4.78, 5) is 22.0. The maximum absolute atomic E-state index is 11.5. The third-order valence-electron chi connectivity index (χ3n) is 5.82. The smallest absolute Gasteiger partial charge is 0.406 e. The van der Waals surface area contributed by atoms with Crippen molar-refractivity contribution in [3.63, 3.8) is 0 Å². The number of aromatic amines is 2. The average Bonchev–Trinajstić information content (AvgIpc) is 3.26. The Morgan fingerprint density at radius 3 is 2.75 bits per heavy atom. The molecule has 4 aromatic rings. The molecular formula is C22H24N4O2. The van der Waals surface area contributed by atoms with Gasteiger partial charge in [0.25, 0.3) is 0 Å². The molecule has 5 rings (SSSR count). The van der Waals surface area contributed by atoms with Crippen molar-refractivity contribution in [1.29, 1.82) is 0 Å². The Morgan fingerprint density at radius 2 is 1.96 bits per heavy atom. The van der Waals surface area contributed by atoms with E-state index in [1.807, 2.05) is 6.07 Å². The number of nitrogens with one attached hydrogen (secondary N) is 3. The summed E-state index contributed by atoms with van der Waals surface area (Å²) in [6.07, 6.45) is 4.16. The Balaban J connectivity index is 1.67. The zero-order valence-electron chi connectivity index (χ0n) is 16.1. The number of hydrogen-bond donors (Lipinski definition) is 3. The molecule has 0 bridgehead atoms. The second-order valence-corrected chi connectivity index (χ2v) is 7.98. The Labute approximate surface area is 162 Å². The van der Waals surface area contributed by atoms with E-state index in [1.54, 1.807) is 6.20 Å². The number of benzene rings is 1. The third kappa shape index (κ3) is 2.85. The first-order valence-electron chi connectivity index (χ1n) is 9.95. The van der Waals surface area contributed by atoms with Gasteiger partial charge in [-0.2, -0.15) is 0 Å². The van der Waals surface area contributed by atoms with E-state index in [0.717, 1.165) is 29.9 Å². The molecule has 4 heterocycles. The van der Waals surface area contributed by atoms with E-state index < -0.39 is 5.76 Å². The van der Waals surface area contributed by atoms with Crippen molar-refractivity contribution in [3.05, 3.63) is 52.1 Å². The monoisotopic (exact) mass is 376 g/mol. The van der Waals surface area contributed by atoms with Crippen LogP contribution in [0.5, 0.6) is 0 Å². The second-order valence-electron chi connectivity index (χ2n) is 7.98. The average molecular weight is 376 g/mol.